The minimum atomic E-state index is 1.10. The standard InChI is InChI=1S/C35H32/c1-4-9-28-22-23-31(24-35(28)32-11-6-5-10-26(32)3)27-18-20-30(21-19-27)34-13-8-7-12-33(34)29-16-14-25(2)15-17-29/h5-8,10-24H,4,9H2,1-3H3. The lowest BCUT2D eigenvalue weighted by atomic mass is 9.90. The van der Waals surface area contributed by atoms with Crippen LogP contribution in [0, 0.1) is 13.8 Å². The maximum absolute atomic E-state index is 2.38. The Labute approximate surface area is 209 Å². The van der Waals surface area contributed by atoms with Crippen molar-refractivity contribution in [3.05, 3.63) is 132 Å². The lowest BCUT2D eigenvalue weighted by molar-refractivity contribution is 0.923. The molecule has 0 spiro atoms. The minimum Gasteiger partial charge on any atom is -0.0651 e. The number of rotatable bonds is 6. The average molecular weight is 453 g/mol. The van der Waals surface area contributed by atoms with Crippen molar-refractivity contribution in [1.29, 1.82) is 0 Å². The third-order valence-electron chi connectivity index (χ3n) is 6.88. The second-order valence-electron chi connectivity index (χ2n) is 9.43. The summed E-state index contributed by atoms with van der Waals surface area (Å²) >= 11 is 0. The van der Waals surface area contributed by atoms with Gasteiger partial charge >= 0.3 is 0 Å². The van der Waals surface area contributed by atoms with E-state index >= 15 is 0 Å². The molecule has 0 heterocycles. The molecule has 0 aliphatic carbocycles. The molecule has 172 valence electrons. The molecule has 0 saturated heterocycles. The van der Waals surface area contributed by atoms with Crippen LogP contribution in [-0.2, 0) is 6.42 Å². The van der Waals surface area contributed by atoms with Crippen LogP contribution in [0.1, 0.15) is 30.0 Å². The van der Waals surface area contributed by atoms with Gasteiger partial charge in [-0.15, -0.1) is 0 Å². The largest absolute Gasteiger partial charge is 0.0651 e. The SMILES string of the molecule is CCCc1ccc(-c2ccc(-c3ccccc3-c3ccc(C)cc3)cc2)cc1-c1ccccc1C. The van der Waals surface area contributed by atoms with Gasteiger partial charge in [0.25, 0.3) is 0 Å². The third kappa shape index (κ3) is 4.84. The minimum absolute atomic E-state index is 1.10. The molecule has 0 aliphatic heterocycles. The first kappa shape index (κ1) is 22.9. The quantitative estimate of drug-likeness (QED) is 0.240. The second-order valence-corrected chi connectivity index (χ2v) is 9.43. The van der Waals surface area contributed by atoms with Crippen molar-refractivity contribution in [2.24, 2.45) is 0 Å². The highest BCUT2D eigenvalue weighted by atomic mass is 14.2. The first-order valence-corrected chi connectivity index (χ1v) is 12.6. The Balaban J connectivity index is 1.52. The summed E-state index contributed by atoms with van der Waals surface area (Å²) < 4.78 is 0. The van der Waals surface area contributed by atoms with Crippen molar-refractivity contribution in [2.75, 3.05) is 0 Å². The summed E-state index contributed by atoms with van der Waals surface area (Å²) in [6.07, 6.45) is 2.24. The van der Waals surface area contributed by atoms with Gasteiger partial charge in [0, 0.05) is 0 Å². The molecule has 5 aromatic carbocycles. The number of benzene rings is 5. The van der Waals surface area contributed by atoms with Gasteiger partial charge in [-0.05, 0) is 82.0 Å². The maximum Gasteiger partial charge on any atom is -0.0105 e. The van der Waals surface area contributed by atoms with Gasteiger partial charge in [0.1, 0.15) is 0 Å². The molecule has 0 bridgehead atoms. The molecule has 0 aliphatic rings. The van der Waals surface area contributed by atoms with Crippen molar-refractivity contribution in [2.45, 2.75) is 33.6 Å². The van der Waals surface area contributed by atoms with E-state index in [0.717, 1.165) is 12.8 Å². The van der Waals surface area contributed by atoms with Crippen molar-refractivity contribution < 1.29 is 0 Å². The Morgan fingerprint density at radius 3 is 1.57 bits per heavy atom. The number of hydrogen-bond acceptors (Lipinski definition) is 0. The first-order chi connectivity index (χ1) is 17.1. The third-order valence-corrected chi connectivity index (χ3v) is 6.88. The molecule has 0 saturated carbocycles. The van der Waals surface area contributed by atoms with Crippen molar-refractivity contribution >= 4 is 0 Å². The summed E-state index contributed by atoms with van der Waals surface area (Å²) in [7, 11) is 0. The molecule has 0 fully saturated rings. The van der Waals surface area contributed by atoms with Gasteiger partial charge < -0.3 is 0 Å². The summed E-state index contributed by atoms with van der Waals surface area (Å²) in [5, 5.41) is 0. The summed E-state index contributed by atoms with van der Waals surface area (Å²) in [6, 6.07) is 42.2. The monoisotopic (exact) mass is 452 g/mol. The Hall–Kier alpha value is -3.90. The molecule has 0 aromatic heterocycles. The van der Waals surface area contributed by atoms with Crippen molar-refractivity contribution in [3.8, 4) is 44.5 Å². The van der Waals surface area contributed by atoms with E-state index in [9.17, 15) is 0 Å². The van der Waals surface area contributed by atoms with Gasteiger partial charge in [0.05, 0.1) is 0 Å². The molecule has 0 radical (unpaired) electrons. The molecule has 35 heavy (non-hydrogen) atoms. The van der Waals surface area contributed by atoms with Gasteiger partial charge in [0.2, 0.25) is 0 Å². The highest BCUT2D eigenvalue weighted by Crippen LogP contribution is 2.35. The van der Waals surface area contributed by atoms with Crippen molar-refractivity contribution in [1.82, 2.24) is 0 Å². The lowest BCUT2D eigenvalue weighted by Crippen LogP contribution is -1.93. The smallest absolute Gasteiger partial charge is 0.0105 e. The maximum atomic E-state index is 2.38. The summed E-state index contributed by atoms with van der Waals surface area (Å²) in [4.78, 5) is 0. The normalized spacial score (nSPS) is 10.9. The molecule has 5 rings (SSSR count). The Bertz CT molecular complexity index is 1440. The molecule has 0 amide bonds. The molecule has 0 heteroatoms. The summed E-state index contributed by atoms with van der Waals surface area (Å²) in [5.41, 5.74) is 14.3. The lowest BCUT2D eigenvalue weighted by Gasteiger charge is -2.15. The predicted molar refractivity (Wildman–Crippen MR) is 152 cm³/mol. The Kier molecular flexibility index (Phi) is 6.64. The van der Waals surface area contributed by atoms with Gasteiger partial charge in [0.15, 0.2) is 0 Å². The van der Waals surface area contributed by atoms with E-state index < -0.39 is 0 Å². The van der Waals surface area contributed by atoms with Crippen LogP contribution in [0.25, 0.3) is 44.5 Å². The summed E-state index contributed by atoms with van der Waals surface area (Å²) in [6.45, 7) is 6.59. The fourth-order valence-electron chi connectivity index (χ4n) is 4.93. The van der Waals surface area contributed by atoms with E-state index in [0.29, 0.717) is 0 Å². The number of hydrogen-bond donors (Lipinski definition) is 0. The predicted octanol–water partition coefficient (Wildman–Crippen LogP) is 9.92. The zero-order chi connectivity index (χ0) is 24.2. The van der Waals surface area contributed by atoms with Gasteiger partial charge in [-0.2, -0.15) is 0 Å². The van der Waals surface area contributed by atoms with Crippen LogP contribution >= 0.6 is 0 Å². The zero-order valence-corrected chi connectivity index (χ0v) is 20.9. The van der Waals surface area contributed by atoms with Gasteiger partial charge in [-0.3, -0.25) is 0 Å². The summed E-state index contributed by atoms with van der Waals surface area (Å²) in [5.74, 6) is 0. The van der Waals surface area contributed by atoms with E-state index in [2.05, 4.69) is 136 Å². The Morgan fingerprint density at radius 2 is 0.971 bits per heavy atom. The molecule has 0 unspecified atom stereocenters. The molecule has 0 N–H and O–H groups in total. The molecular formula is C35H32. The molecule has 0 atom stereocenters. The average Bonchev–Trinajstić information content (AvgIpc) is 2.90. The van der Waals surface area contributed by atoms with Crippen LogP contribution < -0.4 is 0 Å². The van der Waals surface area contributed by atoms with Crippen LogP contribution in [-0.4, -0.2) is 0 Å². The van der Waals surface area contributed by atoms with Crippen molar-refractivity contribution in [3.63, 3.8) is 0 Å². The van der Waals surface area contributed by atoms with Crippen LogP contribution in [0.5, 0.6) is 0 Å². The fourth-order valence-corrected chi connectivity index (χ4v) is 4.93. The van der Waals surface area contributed by atoms with E-state index in [4.69, 9.17) is 0 Å². The fraction of sp³-hybridized carbons (Fsp3) is 0.143. The van der Waals surface area contributed by atoms with E-state index in [1.807, 2.05) is 0 Å². The zero-order valence-electron chi connectivity index (χ0n) is 20.9. The molecular weight excluding hydrogens is 420 g/mol. The molecule has 0 nitrogen and oxygen atoms in total. The highest BCUT2D eigenvalue weighted by molar-refractivity contribution is 5.85. The Morgan fingerprint density at radius 1 is 0.457 bits per heavy atom. The first-order valence-electron chi connectivity index (χ1n) is 12.6. The highest BCUT2D eigenvalue weighted by Gasteiger charge is 2.11. The van der Waals surface area contributed by atoms with Crippen LogP contribution in [0.3, 0.4) is 0 Å². The molecule has 5 aromatic rings. The van der Waals surface area contributed by atoms with E-state index in [1.54, 1.807) is 0 Å². The topological polar surface area (TPSA) is 0 Å². The van der Waals surface area contributed by atoms with E-state index in [-0.39, 0.29) is 0 Å². The van der Waals surface area contributed by atoms with Crippen LogP contribution in [0.15, 0.2) is 115 Å². The van der Waals surface area contributed by atoms with Gasteiger partial charge in [-0.25, -0.2) is 0 Å². The number of aryl methyl sites for hydroxylation is 3. The van der Waals surface area contributed by atoms with Crippen LogP contribution in [0.2, 0.25) is 0 Å². The second kappa shape index (κ2) is 10.2. The van der Waals surface area contributed by atoms with E-state index in [1.165, 1.54) is 61.2 Å². The van der Waals surface area contributed by atoms with Gasteiger partial charge in [-0.1, -0.05) is 128 Å². The van der Waals surface area contributed by atoms with Crippen LogP contribution in [0.4, 0.5) is 0 Å².